The number of nitrogens with zero attached hydrogens (tertiary/aromatic N) is 2. The smallest absolute Gasteiger partial charge is 0.234 e. The van der Waals surface area contributed by atoms with Crippen LogP contribution in [0.5, 0.6) is 0 Å². The van der Waals surface area contributed by atoms with Gasteiger partial charge in [0, 0.05) is 12.6 Å². The second kappa shape index (κ2) is 3.83. The molecule has 0 bridgehead atoms. The highest BCUT2D eigenvalue weighted by molar-refractivity contribution is 6.01. The molecule has 0 spiro atoms. The van der Waals surface area contributed by atoms with E-state index in [4.69, 9.17) is 5.73 Å². The Hall–Kier alpha value is -2.37. The number of rotatable bonds is 1. The van der Waals surface area contributed by atoms with Gasteiger partial charge < -0.3 is 10.1 Å². The van der Waals surface area contributed by atoms with Crippen LogP contribution in [0.4, 0.5) is 5.82 Å². The Morgan fingerprint density at radius 1 is 1.44 bits per heavy atom. The summed E-state index contributed by atoms with van der Waals surface area (Å²) < 4.78 is 1.80. The summed E-state index contributed by atoms with van der Waals surface area (Å²) >= 11 is 0. The Kier molecular flexibility index (Phi) is 2.29. The van der Waals surface area contributed by atoms with E-state index >= 15 is 0 Å². The third kappa shape index (κ3) is 1.62. The lowest BCUT2D eigenvalue weighted by molar-refractivity contribution is -0.134. The van der Waals surface area contributed by atoms with Crippen LogP contribution in [0.3, 0.4) is 0 Å². The van der Waals surface area contributed by atoms with Gasteiger partial charge in [-0.05, 0) is 24.1 Å². The van der Waals surface area contributed by atoms with Crippen molar-refractivity contribution in [1.82, 2.24) is 14.7 Å². The van der Waals surface area contributed by atoms with Crippen molar-refractivity contribution >= 4 is 23.1 Å². The molecule has 0 aromatic carbocycles. The number of fused-ring (bicyclic) bond motifs is 1. The van der Waals surface area contributed by atoms with Crippen molar-refractivity contribution in [3.05, 3.63) is 30.2 Å². The molecule has 6 heteroatoms. The average molecular weight is 244 g/mol. The van der Waals surface area contributed by atoms with Crippen LogP contribution in [0.1, 0.15) is 24.3 Å². The van der Waals surface area contributed by atoms with Gasteiger partial charge in [-0.1, -0.05) is 0 Å². The first-order valence-electron chi connectivity index (χ1n) is 5.71. The van der Waals surface area contributed by atoms with Crippen molar-refractivity contribution in [2.75, 3.05) is 5.73 Å². The van der Waals surface area contributed by atoms with Crippen molar-refractivity contribution in [1.29, 1.82) is 0 Å². The van der Waals surface area contributed by atoms with Gasteiger partial charge in [-0.2, -0.15) is 0 Å². The molecular weight excluding hydrogens is 232 g/mol. The molecule has 3 rings (SSSR count). The molecule has 2 aromatic heterocycles. The minimum absolute atomic E-state index is 0.207. The molecule has 18 heavy (non-hydrogen) atoms. The van der Waals surface area contributed by atoms with E-state index in [2.05, 4.69) is 10.3 Å². The second-order valence-electron chi connectivity index (χ2n) is 4.39. The number of hydrogen-bond acceptors (Lipinski definition) is 4. The zero-order valence-corrected chi connectivity index (χ0v) is 9.59. The molecule has 92 valence electrons. The lowest BCUT2D eigenvalue weighted by Gasteiger charge is -2.21. The number of nitrogens with one attached hydrogen (secondary N) is 1. The molecule has 6 nitrogen and oxygen atoms in total. The zero-order valence-electron chi connectivity index (χ0n) is 9.59. The standard InChI is InChI=1S/C12H12N4O2/c13-11-9-5-7(3-4-16(9)6-14-11)8-1-2-10(17)15-12(8)18/h3-6,8H,1-2,13H2,(H,15,17,18). The summed E-state index contributed by atoms with van der Waals surface area (Å²) in [6, 6.07) is 3.70. The molecule has 1 saturated heterocycles. The minimum Gasteiger partial charge on any atom is -0.382 e. The van der Waals surface area contributed by atoms with Crippen LogP contribution in [0.2, 0.25) is 0 Å². The first-order chi connectivity index (χ1) is 8.65. The van der Waals surface area contributed by atoms with Gasteiger partial charge in [-0.3, -0.25) is 14.9 Å². The average Bonchev–Trinajstić information content (AvgIpc) is 2.71. The molecule has 2 amide bonds. The van der Waals surface area contributed by atoms with Crippen LogP contribution >= 0.6 is 0 Å². The lowest BCUT2D eigenvalue weighted by Crippen LogP contribution is -2.39. The van der Waals surface area contributed by atoms with Crippen molar-refractivity contribution in [3.63, 3.8) is 0 Å². The number of imidazole rings is 1. The number of hydrogen-bond donors (Lipinski definition) is 2. The van der Waals surface area contributed by atoms with Gasteiger partial charge in [0.2, 0.25) is 11.8 Å². The topological polar surface area (TPSA) is 89.5 Å². The molecule has 0 saturated carbocycles. The molecular formula is C12H12N4O2. The molecule has 1 atom stereocenters. The van der Waals surface area contributed by atoms with Gasteiger partial charge in [0.1, 0.15) is 12.1 Å². The Balaban J connectivity index is 2.01. The maximum Gasteiger partial charge on any atom is 0.234 e. The maximum atomic E-state index is 11.8. The molecule has 2 aromatic rings. The molecule has 3 N–H and O–H groups in total. The van der Waals surface area contributed by atoms with E-state index in [1.54, 1.807) is 10.7 Å². The number of carbonyl (C=O) groups is 2. The van der Waals surface area contributed by atoms with E-state index in [9.17, 15) is 9.59 Å². The van der Waals surface area contributed by atoms with Crippen LogP contribution in [-0.4, -0.2) is 21.2 Å². The number of aromatic nitrogens is 2. The fraction of sp³-hybridized carbons (Fsp3) is 0.250. The largest absolute Gasteiger partial charge is 0.382 e. The highest BCUT2D eigenvalue weighted by atomic mass is 16.2. The van der Waals surface area contributed by atoms with E-state index in [-0.39, 0.29) is 17.7 Å². The van der Waals surface area contributed by atoms with Crippen LogP contribution in [-0.2, 0) is 9.59 Å². The summed E-state index contributed by atoms with van der Waals surface area (Å²) in [6.07, 6.45) is 4.35. The molecule has 1 aliphatic heterocycles. The quantitative estimate of drug-likeness (QED) is 0.712. The number of nitrogen functional groups attached to an aromatic ring is 1. The summed E-state index contributed by atoms with van der Waals surface area (Å²) in [6.45, 7) is 0. The number of nitrogens with two attached hydrogens (primary N) is 1. The Labute approximate surface area is 103 Å². The summed E-state index contributed by atoms with van der Waals surface area (Å²) in [7, 11) is 0. The Bertz CT molecular complexity index is 647. The minimum atomic E-state index is -0.290. The molecule has 3 heterocycles. The predicted molar refractivity (Wildman–Crippen MR) is 64.7 cm³/mol. The normalized spacial score (nSPS) is 20.1. The van der Waals surface area contributed by atoms with E-state index < -0.39 is 0 Å². The number of piperidine rings is 1. The molecule has 1 aliphatic rings. The molecule has 1 fully saturated rings. The van der Waals surface area contributed by atoms with Crippen molar-refractivity contribution < 1.29 is 9.59 Å². The number of amides is 2. The number of imide groups is 1. The van der Waals surface area contributed by atoms with Gasteiger partial charge in [-0.25, -0.2) is 4.98 Å². The van der Waals surface area contributed by atoms with Crippen molar-refractivity contribution in [2.45, 2.75) is 18.8 Å². The predicted octanol–water partition coefficient (Wildman–Crippen LogP) is 0.437. The molecule has 1 unspecified atom stereocenters. The first-order valence-corrected chi connectivity index (χ1v) is 5.71. The summed E-state index contributed by atoms with van der Waals surface area (Å²) in [5.74, 6) is -0.305. The molecule has 0 radical (unpaired) electrons. The fourth-order valence-corrected chi connectivity index (χ4v) is 2.25. The van der Waals surface area contributed by atoms with Gasteiger partial charge in [0.25, 0.3) is 0 Å². The van der Waals surface area contributed by atoms with Crippen molar-refractivity contribution in [3.8, 4) is 0 Å². The van der Waals surface area contributed by atoms with E-state index in [1.165, 1.54) is 0 Å². The van der Waals surface area contributed by atoms with Gasteiger partial charge in [0.05, 0.1) is 11.4 Å². The van der Waals surface area contributed by atoms with E-state index in [0.29, 0.717) is 18.7 Å². The third-order valence-electron chi connectivity index (χ3n) is 3.23. The summed E-state index contributed by atoms with van der Waals surface area (Å²) in [5.41, 5.74) is 7.38. The number of carbonyl (C=O) groups excluding carboxylic acids is 2. The van der Waals surface area contributed by atoms with E-state index in [0.717, 1.165) is 11.1 Å². The van der Waals surface area contributed by atoms with Crippen LogP contribution in [0, 0.1) is 0 Å². The van der Waals surface area contributed by atoms with Crippen molar-refractivity contribution in [2.24, 2.45) is 0 Å². The molecule has 0 aliphatic carbocycles. The Morgan fingerprint density at radius 3 is 3.06 bits per heavy atom. The van der Waals surface area contributed by atoms with Gasteiger partial charge in [0.15, 0.2) is 0 Å². The second-order valence-corrected chi connectivity index (χ2v) is 4.39. The number of anilines is 1. The van der Waals surface area contributed by atoms with Crippen LogP contribution in [0.15, 0.2) is 24.7 Å². The highest BCUT2D eigenvalue weighted by Crippen LogP contribution is 2.26. The summed E-state index contributed by atoms with van der Waals surface area (Å²) in [4.78, 5) is 26.9. The van der Waals surface area contributed by atoms with Crippen LogP contribution < -0.4 is 11.1 Å². The van der Waals surface area contributed by atoms with Gasteiger partial charge >= 0.3 is 0 Å². The van der Waals surface area contributed by atoms with E-state index in [1.807, 2.05) is 18.3 Å². The van der Waals surface area contributed by atoms with Crippen LogP contribution in [0.25, 0.3) is 5.52 Å². The highest BCUT2D eigenvalue weighted by Gasteiger charge is 2.28. The van der Waals surface area contributed by atoms with Gasteiger partial charge in [-0.15, -0.1) is 0 Å². The Morgan fingerprint density at radius 2 is 2.28 bits per heavy atom. The monoisotopic (exact) mass is 244 g/mol. The SMILES string of the molecule is Nc1ncn2ccc(C3CCC(=O)NC3=O)cc12. The first kappa shape index (κ1) is 10.8. The summed E-state index contributed by atoms with van der Waals surface area (Å²) in [5, 5.41) is 2.35. The fourth-order valence-electron chi connectivity index (χ4n) is 2.25. The lowest BCUT2D eigenvalue weighted by atomic mass is 9.91. The zero-order chi connectivity index (χ0) is 12.7. The number of pyridine rings is 1. The third-order valence-corrected chi connectivity index (χ3v) is 3.23. The maximum absolute atomic E-state index is 11.8.